The number of nitrogens with one attached hydrogen (secondary N) is 2. The zero-order chi connectivity index (χ0) is 16.8. The average molecular weight is 346 g/mol. The molecule has 0 spiro atoms. The second-order valence-electron chi connectivity index (χ2n) is 4.43. The Labute approximate surface area is 133 Å². The Morgan fingerprint density at radius 2 is 2.13 bits per heavy atom. The first-order valence-corrected chi connectivity index (χ1v) is 7.39. The highest BCUT2D eigenvalue weighted by Crippen LogP contribution is 2.27. The topological polar surface area (TPSA) is 70.6 Å². The lowest BCUT2D eigenvalue weighted by atomic mass is 10.2. The quantitative estimate of drug-likeness (QED) is 0.751. The molecule has 1 aromatic heterocycles. The van der Waals surface area contributed by atoms with Crippen LogP contribution in [0.4, 0.5) is 23.7 Å². The fourth-order valence-electron chi connectivity index (χ4n) is 1.73. The van der Waals surface area contributed by atoms with Gasteiger partial charge in [0.15, 0.2) is 5.75 Å². The molecule has 2 aromatic rings. The van der Waals surface area contributed by atoms with Crippen LogP contribution < -0.4 is 15.4 Å². The van der Waals surface area contributed by atoms with Crippen molar-refractivity contribution in [1.29, 1.82) is 0 Å². The van der Waals surface area contributed by atoms with Crippen LogP contribution in [0.1, 0.15) is 11.7 Å². The molecule has 0 unspecified atom stereocenters. The van der Waals surface area contributed by atoms with E-state index in [-0.39, 0.29) is 12.2 Å². The van der Waals surface area contributed by atoms with Gasteiger partial charge in [-0.3, -0.25) is 0 Å². The molecular formula is C14H13F3N2O3S. The van der Waals surface area contributed by atoms with Gasteiger partial charge in [-0.1, -0.05) is 0 Å². The Bertz CT molecular complexity index is 653. The van der Waals surface area contributed by atoms with E-state index in [1.165, 1.54) is 11.3 Å². The molecule has 2 amide bonds. The molecule has 0 bridgehead atoms. The number of halogens is 3. The molecule has 0 saturated heterocycles. The van der Waals surface area contributed by atoms with Crippen molar-refractivity contribution in [2.75, 3.05) is 11.9 Å². The number of benzene rings is 1. The SMILES string of the molecule is O=C(NC[C@@H](O)c1ccsc1)Nc1ccc(F)cc1OC(F)F. The van der Waals surface area contributed by atoms with Gasteiger partial charge in [-0.2, -0.15) is 20.1 Å². The fourth-order valence-corrected chi connectivity index (χ4v) is 2.44. The predicted octanol–water partition coefficient (Wildman–Crippen LogP) is 3.34. The summed E-state index contributed by atoms with van der Waals surface area (Å²) in [5, 5.41) is 18.0. The van der Waals surface area contributed by atoms with Crippen molar-refractivity contribution < 1.29 is 27.8 Å². The van der Waals surface area contributed by atoms with Crippen molar-refractivity contribution >= 4 is 23.1 Å². The van der Waals surface area contributed by atoms with E-state index in [9.17, 15) is 23.1 Å². The van der Waals surface area contributed by atoms with E-state index in [1.54, 1.807) is 16.8 Å². The standard InChI is InChI=1S/C14H13F3N2O3S/c15-9-1-2-10(12(5-9)22-13(16)17)19-14(21)18-6-11(20)8-3-4-23-7-8/h1-5,7,11,13,20H,6H2,(H2,18,19,21)/t11-/m1/s1. The third-order valence-corrected chi connectivity index (χ3v) is 3.49. The lowest BCUT2D eigenvalue weighted by Crippen LogP contribution is -2.32. The average Bonchev–Trinajstić information content (AvgIpc) is 3.01. The van der Waals surface area contributed by atoms with Crippen molar-refractivity contribution in [3.05, 3.63) is 46.4 Å². The van der Waals surface area contributed by atoms with Gasteiger partial charge in [0.05, 0.1) is 11.8 Å². The van der Waals surface area contributed by atoms with Crippen LogP contribution >= 0.6 is 11.3 Å². The number of carbonyl (C=O) groups excluding carboxylic acids is 1. The number of aliphatic hydroxyl groups is 1. The van der Waals surface area contributed by atoms with Gasteiger partial charge in [0, 0.05) is 12.6 Å². The van der Waals surface area contributed by atoms with Gasteiger partial charge in [0.2, 0.25) is 0 Å². The maximum absolute atomic E-state index is 13.1. The number of aliphatic hydroxyl groups excluding tert-OH is 1. The molecular weight excluding hydrogens is 333 g/mol. The van der Waals surface area contributed by atoms with E-state index in [1.807, 2.05) is 0 Å². The minimum atomic E-state index is -3.15. The van der Waals surface area contributed by atoms with Gasteiger partial charge in [-0.25, -0.2) is 9.18 Å². The van der Waals surface area contributed by atoms with E-state index in [4.69, 9.17) is 0 Å². The Hall–Kier alpha value is -2.26. The van der Waals surface area contributed by atoms with Crippen molar-refractivity contribution in [2.24, 2.45) is 0 Å². The summed E-state index contributed by atoms with van der Waals surface area (Å²) in [5.74, 6) is -1.27. The molecule has 0 aliphatic heterocycles. The van der Waals surface area contributed by atoms with Crippen molar-refractivity contribution in [3.63, 3.8) is 0 Å². The van der Waals surface area contributed by atoms with Crippen LogP contribution in [0.3, 0.4) is 0 Å². The van der Waals surface area contributed by atoms with Crippen molar-refractivity contribution in [3.8, 4) is 5.75 Å². The molecule has 0 saturated carbocycles. The van der Waals surface area contributed by atoms with E-state index in [0.717, 1.165) is 18.2 Å². The minimum Gasteiger partial charge on any atom is -0.432 e. The van der Waals surface area contributed by atoms with Crippen molar-refractivity contribution in [1.82, 2.24) is 5.32 Å². The number of amides is 2. The molecule has 0 aliphatic rings. The summed E-state index contributed by atoms with van der Waals surface area (Å²) in [4.78, 5) is 11.7. The summed E-state index contributed by atoms with van der Waals surface area (Å²) in [6.45, 7) is -3.23. The highest BCUT2D eigenvalue weighted by atomic mass is 32.1. The number of carbonyl (C=O) groups is 1. The normalized spacial score (nSPS) is 12.0. The largest absolute Gasteiger partial charge is 0.432 e. The zero-order valence-electron chi connectivity index (χ0n) is 11.6. The molecule has 23 heavy (non-hydrogen) atoms. The number of hydrogen-bond donors (Lipinski definition) is 3. The van der Waals surface area contributed by atoms with Gasteiger partial charge >= 0.3 is 12.6 Å². The molecule has 0 fully saturated rings. The maximum atomic E-state index is 13.1. The number of alkyl halides is 2. The molecule has 2 rings (SSSR count). The fraction of sp³-hybridized carbons (Fsp3) is 0.214. The van der Waals surface area contributed by atoms with Crippen LogP contribution in [-0.4, -0.2) is 24.3 Å². The number of anilines is 1. The maximum Gasteiger partial charge on any atom is 0.387 e. The summed E-state index contributed by atoms with van der Waals surface area (Å²) in [7, 11) is 0. The van der Waals surface area contributed by atoms with Gasteiger partial charge < -0.3 is 20.5 Å². The van der Waals surface area contributed by atoms with E-state index >= 15 is 0 Å². The van der Waals surface area contributed by atoms with E-state index < -0.39 is 30.3 Å². The van der Waals surface area contributed by atoms with Crippen LogP contribution in [0, 0.1) is 5.82 Å². The van der Waals surface area contributed by atoms with Crippen LogP contribution in [0.2, 0.25) is 0 Å². The first-order valence-electron chi connectivity index (χ1n) is 6.45. The summed E-state index contributed by atoms with van der Waals surface area (Å²) in [6, 6.07) is 3.80. The molecule has 3 N–H and O–H groups in total. The van der Waals surface area contributed by atoms with E-state index in [2.05, 4.69) is 15.4 Å². The summed E-state index contributed by atoms with van der Waals surface area (Å²) >= 11 is 1.40. The number of thiophene rings is 1. The highest BCUT2D eigenvalue weighted by Gasteiger charge is 2.14. The van der Waals surface area contributed by atoms with Crippen molar-refractivity contribution in [2.45, 2.75) is 12.7 Å². The first kappa shape index (κ1) is 17.1. The second-order valence-corrected chi connectivity index (χ2v) is 5.21. The Balaban J connectivity index is 1.94. The molecule has 1 heterocycles. The van der Waals surface area contributed by atoms with Gasteiger partial charge in [-0.15, -0.1) is 0 Å². The smallest absolute Gasteiger partial charge is 0.387 e. The summed E-state index contributed by atoms with van der Waals surface area (Å²) in [5.41, 5.74) is 0.535. The van der Waals surface area contributed by atoms with Gasteiger partial charge in [0.1, 0.15) is 5.82 Å². The molecule has 1 aromatic carbocycles. The molecule has 5 nitrogen and oxygen atoms in total. The minimum absolute atomic E-state index is 0.0746. The number of ether oxygens (including phenoxy) is 1. The van der Waals surface area contributed by atoms with Gasteiger partial charge in [0.25, 0.3) is 0 Å². The third kappa shape index (κ3) is 5.15. The lowest BCUT2D eigenvalue weighted by molar-refractivity contribution is -0.0495. The monoisotopic (exact) mass is 346 g/mol. The molecule has 9 heteroatoms. The summed E-state index contributed by atoms with van der Waals surface area (Å²) in [6.07, 6.45) is -0.892. The van der Waals surface area contributed by atoms with Gasteiger partial charge in [-0.05, 0) is 34.5 Å². The number of hydrogen-bond acceptors (Lipinski definition) is 4. The van der Waals surface area contributed by atoms with E-state index in [0.29, 0.717) is 5.56 Å². The Morgan fingerprint density at radius 1 is 1.35 bits per heavy atom. The molecule has 124 valence electrons. The molecule has 1 atom stereocenters. The summed E-state index contributed by atoms with van der Waals surface area (Å²) < 4.78 is 41.8. The van der Waals surface area contributed by atoms with Crippen LogP contribution in [0.25, 0.3) is 0 Å². The molecule has 0 aliphatic carbocycles. The Morgan fingerprint density at radius 3 is 2.78 bits per heavy atom. The van der Waals surface area contributed by atoms with Crippen LogP contribution in [0.15, 0.2) is 35.0 Å². The predicted molar refractivity (Wildman–Crippen MR) is 79.3 cm³/mol. The Kier molecular flexibility index (Phi) is 5.83. The highest BCUT2D eigenvalue weighted by molar-refractivity contribution is 7.07. The number of rotatable bonds is 6. The van der Waals surface area contributed by atoms with Crippen LogP contribution in [0.5, 0.6) is 5.75 Å². The third-order valence-electron chi connectivity index (χ3n) is 2.79. The lowest BCUT2D eigenvalue weighted by Gasteiger charge is -2.14. The molecule has 0 radical (unpaired) electrons. The second kappa shape index (κ2) is 7.84. The number of urea groups is 1. The van der Waals surface area contributed by atoms with Crippen LogP contribution in [-0.2, 0) is 0 Å². The zero-order valence-corrected chi connectivity index (χ0v) is 12.4. The first-order chi connectivity index (χ1) is 11.0.